The lowest BCUT2D eigenvalue weighted by Gasteiger charge is -2.20. The fraction of sp³-hybridized carbons (Fsp3) is 1.00. The molecule has 0 heterocycles. The van der Waals surface area contributed by atoms with Crippen LogP contribution < -0.4 is 5.32 Å². The van der Waals surface area contributed by atoms with Gasteiger partial charge in [-0.05, 0) is 0 Å². The molecule has 0 aliphatic rings. The van der Waals surface area contributed by atoms with Crippen LogP contribution in [0.15, 0.2) is 0 Å². The summed E-state index contributed by atoms with van der Waals surface area (Å²) in [6.45, 7) is 8.17. The molecule has 0 aromatic carbocycles. The molecular formula is C9H20Cl2N2. The first kappa shape index (κ1) is 13.5. The fourth-order valence-electron chi connectivity index (χ4n) is 1.09. The van der Waals surface area contributed by atoms with E-state index in [1.165, 1.54) is 0 Å². The lowest BCUT2D eigenvalue weighted by Crippen LogP contribution is -2.36. The van der Waals surface area contributed by atoms with Crippen molar-refractivity contribution >= 4 is 23.2 Å². The molecule has 0 aliphatic heterocycles. The van der Waals surface area contributed by atoms with Crippen LogP contribution in [0.5, 0.6) is 0 Å². The van der Waals surface area contributed by atoms with Gasteiger partial charge in [0.05, 0.1) is 0 Å². The van der Waals surface area contributed by atoms with Gasteiger partial charge in [-0.15, -0.1) is 23.2 Å². The van der Waals surface area contributed by atoms with Crippen LogP contribution in [0.3, 0.4) is 0 Å². The average molecular weight is 227 g/mol. The molecule has 0 saturated carbocycles. The number of nitrogens with zero attached hydrogens (tertiary/aromatic N) is 1. The zero-order valence-corrected chi connectivity index (χ0v) is 10.0. The Bertz CT molecular complexity index is 104. The van der Waals surface area contributed by atoms with Crippen molar-refractivity contribution in [2.75, 3.05) is 37.9 Å². The smallest absolute Gasteiger partial charge is 0.0351 e. The molecule has 4 heteroatoms. The third-order valence-electron chi connectivity index (χ3n) is 1.78. The Morgan fingerprint density at radius 2 is 1.62 bits per heavy atom. The van der Waals surface area contributed by atoms with E-state index in [1.54, 1.807) is 0 Å². The summed E-state index contributed by atoms with van der Waals surface area (Å²) < 4.78 is 0. The first-order valence-electron chi connectivity index (χ1n) is 4.78. The van der Waals surface area contributed by atoms with Crippen LogP contribution in [-0.2, 0) is 0 Å². The molecule has 0 amide bonds. The number of rotatable bonds is 8. The van der Waals surface area contributed by atoms with Crippen molar-refractivity contribution in [2.24, 2.45) is 0 Å². The molecule has 0 bridgehead atoms. The SMILES string of the molecule is CC(C)NCCN(CCCl)CCCl. The van der Waals surface area contributed by atoms with E-state index < -0.39 is 0 Å². The van der Waals surface area contributed by atoms with Crippen molar-refractivity contribution in [1.29, 1.82) is 0 Å². The standard InChI is InChI=1S/C9H20Cl2N2/c1-9(2)12-5-8-13(6-3-10)7-4-11/h9,12H,3-8H2,1-2H3. The Morgan fingerprint density at radius 1 is 1.08 bits per heavy atom. The van der Waals surface area contributed by atoms with Crippen molar-refractivity contribution in [3.63, 3.8) is 0 Å². The molecule has 0 radical (unpaired) electrons. The van der Waals surface area contributed by atoms with Crippen molar-refractivity contribution < 1.29 is 0 Å². The summed E-state index contributed by atoms with van der Waals surface area (Å²) in [6.07, 6.45) is 0. The Kier molecular flexibility index (Phi) is 9.42. The Labute approximate surface area is 91.6 Å². The number of hydrogen-bond acceptors (Lipinski definition) is 2. The molecule has 0 unspecified atom stereocenters. The average Bonchev–Trinajstić information content (AvgIpc) is 2.04. The normalized spacial score (nSPS) is 11.5. The Hall–Kier alpha value is 0.500. The number of nitrogens with one attached hydrogen (secondary N) is 1. The van der Waals surface area contributed by atoms with Gasteiger partial charge in [0.2, 0.25) is 0 Å². The molecule has 0 saturated heterocycles. The van der Waals surface area contributed by atoms with Crippen LogP contribution in [0.25, 0.3) is 0 Å². The van der Waals surface area contributed by atoms with Gasteiger partial charge in [0.1, 0.15) is 0 Å². The van der Waals surface area contributed by atoms with Crippen LogP contribution in [0.1, 0.15) is 13.8 Å². The lowest BCUT2D eigenvalue weighted by atomic mass is 10.4. The molecule has 1 N–H and O–H groups in total. The molecule has 0 atom stereocenters. The largest absolute Gasteiger partial charge is 0.313 e. The molecule has 0 aromatic rings. The van der Waals surface area contributed by atoms with Gasteiger partial charge < -0.3 is 5.32 Å². The molecule has 0 aliphatic carbocycles. The third kappa shape index (κ3) is 8.82. The summed E-state index contributed by atoms with van der Waals surface area (Å²) in [7, 11) is 0. The van der Waals surface area contributed by atoms with E-state index in [1.807, 2.05) is 0 Å². The van der Waals surface area contributed by atoms with E-state index in [0.29, 0.717) is 17.8 Å². The highest BCUT2D eigenvalue weighted by Crippen LogP contribution is 1.91. The monoisotopic (exact) mass is 226 g/mol. The van der Waals surface area contributed by atoms with Crippen molar-refractivity contribution in [2.45, 2.75) is 19.9 Å². The summed E-state index contributed by atoms with van der Waals surface area (Å²) in [4.78, 5) is 2.27. The second-order valence-corrected chi connectivity index (χ2v) is 4.08. The highest BCUT2D eigenvalue weighted by atomic mass is 35.5. The van der Waals surface area contributed by atoms with Gasteiger partial charge in [-0.1, -0.05) is 13.8 Å². The summed E-state index contributed by atoms with van der Waals surface area (Å²) >= 11 is 11.3. The van der Waals surface area contributed by atoms with E-state index in [2.05, 4.69) is 24.1 Å². The molecule has 80 valence electrons. The predicted molar refractivity (Wildman–Crippen MR) is 61.0 cm³/mol. The van der Waals surface area contributed by atoms with Crippen molar-refractivity contribution in [3.05, 3.63) is 0 Å². The maximum Gasteiger partial charge on any atom is 0.0351 e. The van der Waals surface area contributed by atoms with Gasteiger partial charge in [0, 0.05) is 44.0 Å². The number of alkyl halides is 2. The zero-order chi connectivity index (χ0) is 10.1. The molecule has 0 spiro atoms. The predicted octanol–water partition coefficient (Wildman–Crippen LogP) is 1.76. The van der Waals surface area contributed by atoms with Gasteiger partial charge in [-0.25, -0.2) is 0 Å². The highest BCUT2D eigenvalue weighted by molar-refractivity contribution is 6.18. The van der Waals surface area contributed by atoms with E-state index in [0.717, 1.165) is 26.2 Å². The molecule has 0 fully saturated rings. The minimum Gasteiger partial charge on any atom is -0.313 e. The minimum absolute atomic E-state index is 0.550. The molecule has 0 rings (SSSR count). The maximum absolute atomic E-state index is 5.67. The van der Waals surface area contributed by atoms with E-state index in [9.17, 15) is 0 Å². The van der Waals surface area contributed by atoms with Crippen molar-refractivity contribution in [1.82, 2.24) is 10.2 Å². The second kappa shape index (κ2) is 9.07. The quantitative estimate of drug-likeness (QED) is 0.636. The maximum atomic E-state index is 5.67. The molecule has 2 nitrogen and oxygen atoms in total. The fourth-order valence-corrected chi connectivity index (χ4v) is 1.56. The summed E-state index contributed by atoms with van der Waals surface area (Å²) in [5, 5.41) is 3.36. The minimum atomic E-state index is 0.550. The summed E-state index contributed by atoms with van der Waals surface area (Å²) in [6, 6.07) is 0.550. The topological polar surface area (TPSA) is 15.3 Å². The van der Waals surface area contributed by atoms with Gasteiger partial charge in [0.25, 0.3) is 0 Å². The van der Waals surface area contributed by atoms with Crippen LogP contribution in [-0.4, -0.2) is 48.9 Å². The van der Waals surface area contributed by atoms with E-state index >= 15 is 0 Å². The van der Waals surface area contributed by atoms with Crippen molar-refractivity contribution in [3.8, 4) is 0 Å². The first-order valence-corrected chi connectivity index (χ1v) is 5.85. The van der Waals surface area contributed by atoms with Crippen LogP contribution in [0.4, 0.5) is 0 Å². The van der Waals surface area contributed by atoms with Crippen LogP contribution in [0, 0.1) is 0 Å². The first-order chi connectivity index (χ1) is 6.20. The highest BCUT2D eigenvalue weighted by Gasteiger charge is 2.02. The molecular weight excluding hydrogens is 207 g/mol. The van der Waals surface area contributed by atoms with Gasteiger partial charge in [-0.2, -0.15) is 0 Å². The molecule has 13 heavy (non-hydrogen) atoms. The van der Waals surface area contributed by atoms with Gasteiger partial charge in [-0.3, -0.25) is 4.90 Å². The Balaban J connectivity index is 3.44. The van der Waals surface area contributed by atoms with E-state index in [-0.39, 0.29) is 0 Å². The summed E-state index contributed by atoms with van der Waals surface area (Å²) in [5.74, 6) is 1.36. The number of halogens is 2. The zero-order valence-electron chi connectivity index (χ0n) is 8.52. The van der Waals surface area contributed by atoms with Gasteiger partial charge in [0.15, 0.2) is 0 Å². The number of hydrogen-bond donors (Lipinski definition) is 1. The second-order valence-electron chi connectivity index (χ2n) is 3.33. The molecule has 0 aromatic heterocycles. The van der Waals surface area contributed by atoms with E-state index in [4.69, 9.17) is 23.2 Å². The lowest BCUT2D eigenvalue weighted by molar-refractivity contribution is 0.302. The Morgan fingerprint density at radius 3 is 2.00 bits per heavy atom. The van der Waals surface area contributed by atoms with Crippen LogP contribution in [0.2, 0.25) is 0 Å². The van der Waals surface area contributed by atoms with Crippen LogP contribution >= 0.6 is 23.2 Å². The van der Waals surface area contributed by atoms with Gasteiger partial charge >= 0.3 is 0 Å². The summed E-state index contributed by atoms with van der Waals surface area (Å²) in [5.41, 5.74) is 0. The third-order valence-corrected chi connectivity index (χ3v) is 2.12.